The normalized spacial score (nSPS) is 11.8. The molecule has 1 rings (SSSR count). The highest BCUT2D eigenvalue weighted by atomic mass is 35.5. The van der Waals surface area contributed by atoms with Crippen LogP contribution in [0, 0.1) is 0 Å². The third kappa shape index (κ3) is 3.31. The lowest BCUT2D eigenvalue weighted by Gasteiger charge is -2.16. The Morgan fingerprint density at radius 3 is 2.47 bits per heavy atom. The molecule has 0 aliphatic rings. The summed E-state index contributed by atoms with van der Waals surface area (Å²) in [5.74, 6) is -1.52. The summed E-state index contributed by atoms with van der Waals surface area (Å²) in [4.78, 5) is 14.5. The second-order valence-corrected chi connectivity index (χ2v) is 3.63. The number of hydrogen-bond acceptors (Lipinski definition) is 3. The summed E-state index contributed by atoms with van der Waals surface area (Å²) in [6, 6.07) is 0. The highest BCUT2D eigenvalue weighted by Crippen LogP contribution is 2.39. The van der Waals surface area contributed by atoms with Crippen LogP contribution in [-0.4, -0.2) is 17.6 Å². The van der Waals surface area contributed by atoms with Gasteiger partial charge in [-0.1, -0.05) is 11.6 Å². The number of carbonyl (C=O) groups is 1. The topological polar surface area (TPSA) is 39.2 Å². The Morgan fingerprint density at radius 2 is 2.05 bits per heavy atom. The Hall–Kier alpha value is -1.44. The Labute approximate surface area is 109 Å². The Bertz CT molecular complexity index is 490. The van der Waals surface area contributed by atoms with Gasteiger partial charge in [-0.05, 0) is 6.92 Å². The second kappa shape index (κ2) is 5.68. The van der Waals surface area contributed by atoms with Crippen LogP contribution in [0.2, 0.25) is 5.15 Å². The summed E-state index contributed by atoms with van der Waals surface area (Å²) < 4.78 is 68.0. The first-order valence-corrected chi connectivity index (χ1v) is 5.28. The highest BCUT2D eigenvalue weighted by Gasteiger charge is 2.41. The van der Waals surface area contributed by atoms with Crippen LogP contribution >= 0.6 is 11.6 Å². The van der Waals surface area contributed by atoms with E-state index >= 15 is 0 Å². The van der Waals surface area contributed by atoms with Crippen molar-refractivity contribution < 1.29 is 31.5 Å². The molecule has 1 aromatic rings. The largest absolute Gasteiger partial charge is 0.462 e. The number of nitrogens with zero attached hydrogens (tertiary/aromatic N) is 1. The molecule has 0 unspecified atom stereocenters. The molecule has 0 aromatic carbocycles. The third-order valence-electron chi connectivity index (χ3n) is 2.06. The number of hydrogen-bond donors (Lipinski definition) is 0. The van der Waals surface area contributed by atoms with Gasteiger partial charge in [0.1, 0.15) is 10.7 Å². The molecule has 106 valence electrons. The number of rotatable bonds is 3. The predicted molar refractivity (Wildman–Crippen MR) is 55.2 cm³/mol. The lowest BCUT2D eigenvalue weighted by Crippen LogP contribution is -2.19. The van der Waals surface area contributed by atoms with Gasteiger partial charge in [0.2, 0.25) is 0 Å². The highest BCUT2D eigenvalue weighted by molar-refractivity contribution is 6.30. The van der Waals surface area contributed by atoms with Gasteiger partial charge in [-0.2, -0.15) is 13.2 Å². The van der Waals surface area contributed by atoms with Crippen molar-refractivity contribution in [3.8, 4) is 0 Å². The molecule has 0 spiro atoms. The van der Waals surface area contributed by atoms with Crippen molar-refractivity contribution in [3.63, 3.8) is 0 Å². The predicted octanol–water partition coefficient (Wildman–Crippen LogP) is 3.87. The molecule has 1 aromatic heterocycles. The summed E-state index contributed by atoms with van der Waals surface area (Å²) >= 11 is 5.25. The smallest absolute Gasteiger partial charge is 0.420 e. The molecule has 0 saturated heterocycles. The fourth-order valence-electron chi connectivity index (χ4n) is 1.35. The lowest BCUT2D eigenvalue weighted by molar-refractivity contribution is -0.138. The summed E-state index contributed by atoms with van der Waals surface area (Å²) in [6.07, 6.45) is -7.99. The van der Waals surface area contributed by atoms with Crippen molar-refractivity contribution in [1.82, 2.24) is 4.98 Å². The molecule has 0 fully saturated rings. The number of halogens is 6. The van der Waals surface area contributed by atoms with Gasteiger partial charge in [0.15, 0.2) is 0 Å². The molecule has 0 atom stereocenters. The van der Waals surface area contributed by atoms with Gasteiger partial charge in [0.25, 0.3) is 6.43 Å². The Balaban J connectivity index is 3.60. The van der Waals surface area contributed by atoms with Crippen molar-refractivity contribution in [2.75, 3.05) is 6.61 Å². The molecule has 19 heavy (non-hydrogen) atoms. The van der Waals surface area contributed by atoms with Crippen molar-refractivity contribution in [2.45, 2.75) is 19.5 Å². The number of carbonyl (C=O) groups excluding carboxylic acids is 1. The molecule has 0 saturated carbocycles. The number of pyridine rings is 1. The SMILES string of the molecule is CCOC(=O)c1c(C(F)F)cnc(Cl)c1C(F)(F)F. The maximum absolute atomic E-state index is 12.8. The van der Waals surface area contributed by atoms with Crippen molar-refractivity contribution in [1.29, 1.82) is 0 Å². The first-order chi connectivity index (χ1) is 8.70. The van der Waals surface area contributed by atoms with E-state index in [1.165, 1.54) is 6.92 Å². The van der Waals surface area contributed by atoms with Gasteiger partial charge >= 0.3 is 12.1 Å². The van der Waals surface area contributed by atoms with Gasteiger partial charge in [-0.3, -0.25) is 0 Å². The Morgan fingerprint density at radius 1 is 1.47 bits per heavy atom. The zero-order valence-corrected chi connectivity index (χ0v) is 10.1. The van der Waals surface area contributed by atoms with Gasteiger partial charge in [-0.25, -0.2) is 18.6 Å². The second-order valence-electron chi connectivity index (χ2n) is 3.27. The van der Waals surface area contributed by atoms with Crippen LogP contribution in [0.3, 0.4) is 0 Å². The molecule has 3 nitrogen and oxygen atoms in total. The van der Waals surface area contributed by atoms with Gasteiger partial charge in [0, 0.05) is 6.20 Å². The van der Waals surface area contributed by atoms with Gasteiger partial charge in [-0.15, -0.1) is 0 Å². The standard InChI is InChI=1S/C10H7ClF5NO2/c1-2-19-9(18)5-4(8(12)13)3-17-7(11)6(5)10(14,15)16/h3,8H,2H2,1H3. The minimum atomic E-state index is -5.10. The first-order valence-electron chi connectivity index (χ1n) is 4.91. The third-order valence-corrected chi connectivity index (χ3v) is 2.35. The fourth-order valence-corrected chi connectivity index (χ4v) is 1.60. The first kappa shape index (κ1) is 15.6. The van der Waals surface area contributed by atoms with Crippen LogP contribution in [0.25, 0.3) is 0 Å². The number of aromatic nitrogens is 1. The summed E-state index contributed by atoms with van der Waals surface area (Å²) in [6.45, 7) is 1.06. The average Bonchev–Trinajstić information content (AvgIpc) is 2.26. The summed E-state index contributed by atoms with van der Waals surface area (Å²) in [5, 5.41) is -1.08. The minimum absolute atomic E-state index is 0.265. The van der Waals surface area contributed by atoms with Crippen LogP contribution in [-0.2, 0) is 10.9 Å². The lowest BCUT2D eigenvalue weighted by atomic mass is 10.0. The fraction of sp³-hybridized carbons (Fsp3) is 0.400. The van der Waals surface area contributed by atoms with E-state index in [2.05, 4.69) is 9.72 Å². The van der Waals surface area contributed by atoms with E-state index < -0.39 is 40.4 Å². The molecule has 0 radical (unpaired) electrons. The van der Waals surface area contributed by atoms with Crippen LogP contribution in [0.15, 0.2) is 6.20 Å². The number of alkyl halides is 5. The zero-order chi connectivity index (χ0) is 14.8. The van der Waals surface area contributed by atoms with Crippen molar-refractivity contribution >= 4 is 17.6 Å². The van der Waals surface area contributed by atoms with E-state index in [9.17, 15) is 26.7 Å². The van der Waals surface area contributed by atoms with E-state index in [0.717, 1.165) is 0 Å². The van der Waals surface area contributed by atoms with E-state index in [1.54, 1.807) is 0 Å². The zero-order valence-electron chi connectivity index (χ0n) is 9.39. The minimum Gasteiger partial charge on any atom is -0.462 e. The molecule has 0 bridgehead atoms. The monoisotopic (exact) mass is 303 g/mol. The Kier molecular flexibility index (Phi) is 4.67. The number of esters is 1. The van der Waals surface area contributed by atoms with E-state index in [1.807, 2.05) is 0 Å². The average molecular weight is 304 g/mol. The van der Waals surface area contributed by atoms with Crippen LogP contribution in [0.4, 0.5) is 22.0 Å². The quantitative estimate of drug-likeness (QED) is 0.483. The van der Waals surface area contributed by atoms with E-state index in [4.69, 9.17) is 11.6 Å². The van der Waals surface area contributed by atoms with Crippen LogP contribution in [0.5, 0.6) is 0 Å². The van der Waals surface area contributed by atoms with Crippen molar-refractivity contribution in [2.24, 2.45) is 0 Å². The summed E-state index contributed by atoms with van der Waals surface area (Å²) in [7, 11) is 0. The molecule has 9 heteroatoms. The van der Waals surface area contributed by atoms with Gasteiger partial charge < -0.3 is 4.74 Å². The molecular formula is C10H7ClF5NO2. The summed E-state index contributed by atoms with van der Waals surface area (Å²) in [5.41, 5.74) is -4.19. The van der Waals surface area contributed by atoms with E-state index in [0.29, 0.717) is 6.20 Å². The van der Waals surface area contributed by atoms with E-state index in [-0.39, 0.29) is 6.61 Å². The molecular weight excluding hydrogens is 297 g/mol. The van der Waals surface area contributed by atoms with Crippen LogP contribution in [0.1, 0.15) is 34.8 Å². The molecule has 0 amide bonds. The maximum atomic E-state index is 12.8. The molecule has 0 aliphatic heterocycles. The molecule has 0 aliphatic carbocycles. The number of ether oxygens (including phenoxy) is 1. The van der Waals surface area contributed by atoms with Crippen molar-refractivity contribution in [3.05, 3.63) is 28.0 Å². The maximum Gasteiger partial charge on any atom is 0.420 e. The van der Waals surface area contributed by atoms with Crippen LogP contribution < -0.4 is 0 Å². The molecule has 1 heterocycles. The molecule has 0 N–H and O–H groups in total. The van der Waals surface area contributed by atoms with Gasteiger partial charge in [0.05, 0.1) is 17.7 Å².